The van der Waals surface area contributed by atoms with E-state index in [-0.39, 0.29) is 0 Å². The molecular formula is C22H20Cl3NO2. The van der Waals surface area contributed by atoms with Crippen LogP contribution in [-0.2, 0) is 13.2 Å². The molecule has 146 valence electrons. The van der Waals surface area contributed by atoms with Gasteiger partial charge in [-0.2, -0.15) is 0 Å². The van der Waals surface area contributed by atoms with Crippen LogP contribution in [0.2, 0.25) is 15.1 Å². The number of ether oxygens (including phenoxy) is 2. The number of rotatable bonds is 7. The molecule has 0 heterocycles. The van der Waals surface area contributed by atoms with Crippen molar-refractivity contribution in [2.75, 3.05) is 12.4 Å². The first-order valence-electron chi connectivity index (χ1n) is 8.70. The summed E-state index contributed by atoms with van der Waals surface area (Å²) < 4.78 is 11.4. The summed E-state index contributed by atoms with van der Waals surface area (Å²) in [6, 6.07) is 17.0. The Labute approximate surface area is 180 Å². The van der Waals surface area contributed by atoms with Crippen molar-refractivity contribution < 1.29 is 9.47 Å². The highest BCUT2D eigenvalue weighted by atomic mass is 35.5. The zero-order valence-electron chi connectivity index (χ0n) is 15.6. The third-order valence-corrected chi connectivity index (χ3v) is 5.13. The lowest BCUT2D eigenvalue weighted by Crippen LogP contribution is -2.03. The van der Waals surface area contributed by atoms with E-state index in [0.717, 1.165) is 22.4 Å². The number of anilines is 1. The molecule has 0 aromatic heterocycles. The van der Waals surface area contributed by atoms with Crippen LogP contribution in [0.4, 0.5) is 5.69 Å². The maximum absolute atomic E-state index is 6.20. The molecule has 0 fully saturated rings. The van der Waals surface area contributed by atoms with Crippen molar-refractivity contribution in [1.29, 1.82) is 0 Å². The largest absolute Gasteiger partial charge is 0.493 e. The van der Waals surface area contributed by atoms with Gasteiger partial charge in [0.1, 0.15) is 6.61 Å². The third kappa shape index (κ3) is 5.26. The zero-order chi connectivity index (χ0) is 20.1. The summed E-state index contributed by atoms with van der Waals surface area (Å²) in [4.78, 5) is 0. The van der Waals surface area contributed by atoms with Crippen LogP contribution >= 0.6 is 34.8 Å². The molecule has 6 heteroatoms. The summed E-state index contributed by atoms with van der Waals surface area (Å²) in [7, 11) is 1.62. The molecule has 0 saturated heterocycles. The second-order valence-corrected chi connectivity index (χ2v) is 7.60. The number of hydrogen-bond donors (Lipinski definition) is 1. The van der Waals surface area contributed by atoms with Gasteiger partial charge in [0.15, 0.2) is 11.5 Å². The monoisotopic (exact) mass is 435 g/mol. The van der Waals surface area contributed by atoms with E-state index in [9.17, 15) is 0 Å². The Kier molecular flexibility index (Phi) is 6.95. The molecule has 0 saturated carbocycles. The second kappa shape index (κ2) is 9.42. The topological polar surface area (TPSA) is 30.5 Å². The van der Waals surface area contributed by atoms with Gasteiger partial charge < -0.3 is 14.8 Å². The number of methoxy groups -OCH3 is 1. The molecule has 3 aromatic rings. The Morgan fingerprint density at radius 1 is 0.857 bits per heavy atom. The predicted octanol–water partition coefficient (Wildman–Crippen LogP) is 7.15. The molecule has 28 heavy (non-hydrogen) atoms. The summed E-state index contributed by atoms with van der Waals surface area (Å²) in [6.07, 6.45) is 0. The Morgan fingerprint density at radius 3 is 2.36 bits per heavy atom. The van der Waals surface area contributed by atoms with E-state index in [0.29, 0.717) is 39.7 Å². The number of benzene rings is 3. The lowest BCUT2D eigenvalue weighted by Gasteiger charge is -2.14. The smallest absolute Gasteiger partial charge is 0.161 e. The maximum Gasteiger partial charge on any atom is 0.161 e. The van der Waals surface area contributed by atoms with Crippen molar-refractivity contribution in [1.82, 2.24) is 0 Å². The van der Waals surface area contributed by atoms with Gasteiger partial charge in [0.25, 0.3) is 0 Å². The number of aryl methyl sites for hydroxylation is 1. The standard InChI is InChI=1S/C22H20Cl3NO2/c1-14-3-6-18(24)11-20(14)26-12-15-4-8-21(22(9-15)27-2)28-13-16-5-7-17(23)10-19(16)25/h3-11,26H,12-13H2,1-2H3. The highest BCUT2D eigenvalue weighted by Gasteiger charge is 2.09. The molecule has 0 aliphatic rings. The quantitative estimate of drug-likeness (QED) is 0.426. The molecule has 0 radical (unpaired) electrons. The molecular weight excluding hydrogens is 417 g/mol. The lowest BCUT2D eigenvalue weighted by molar-refractivity contribution is 0.284. The van der Waals surface area contributed by atoms with Crippen LogP contribution < -0.4 is 14.8 Å². The minimum Gasteiger partial charge on any atom is -0.493 e. The average Bonchev–Trinajstić information content (AvgIpc) is 2.68. The van der Waals surface area contributed by atoms with Gasteiger partial charge in [-0.15, -0.1) is 0 Å². The summed E-state index contributed by atoms with van der Waals surface area (Å²) in [5.41, 5.74) is 4.06. The third-order valence-electron chi connectivity index (χ3n) is 4.31. The summed E-state index contributed by atoms with van der Waals surface area (Å²) >= 11 is 18.2. The summed E-state index contributed by atoms with van der Waals surface area (Å²) in [5.74, 6) is 1.31. The molecule has 0 aliphatic carbocycles. The highest BCUT2D eigenvalue weighted by molar-refractivity contribution is 6.35. The van der Waals surface area contributed by atoms with Crippen molar-refractivity contribution in [2.45, 2.75) is 20.1 Å². The van der Waals surface area contributed by atoms with Crippen LogP contribution in [0.5, 0.6) is 11.5 Å². The van der Waals surface area contributed by atoms with Crippen molar-refractivity contribution in [3.05, 3.63) is 86.4 Å². The normalized spacial score (nSPS) is 10.6. The summed E-state index contributed by atoms with van der Waals surface area (Å²) in [5, 5.41) is 5.27. The fraction of sp³-hybridized carbons (Fsp3) is 0.182. The van der Waals surface area contributed by atoms with Gasteiger partial charge in [-0.25, -0.2) is 0 Å². The van der Waals surface area contributed by atoms with Crippen LogP contribution in [0.1, 0.15) is 16.7 Å². The Hall–Kier alpha value is -2.07. The highest BCUT2D eigenvalue weighted by Crippen LogP contribution is 2.31. The van der Waals surface area contributed by atoms with Gasteiger partial charge in [0, 0.05) is 32.9 Å². The van der Waals surface area contributed by atoms with E-state index in [1.54, 1.807) is 19.2 Å². The first-order valence-corrected chi connectivity index (χ1v) is 9.83. The molecule has 3 aromatic carbocycles. The van der Waals surface area contributed by atoms with Crippen LogP contribution in [0.3, 0.4) is 0 Å². The molecule has 0 unspecified atom stereocenters. The number of hydrogen-bond acceptors (Lipinski definition) is 3. The summed E-state index contributed by atoms with van der Waals surface area (Å²) in [6.45, 7) is 3.00. The number of nitrogens with one attached hydrogen (secondary N) is 1. The molecule has 1 N–H and O–H groups in total. The van der Waals surface area contributed by atoms with Crippen LogP contribution in [0, 0.1) is 6.92 Å². The van der Waals surface area contributed by atoms with Crippen LogP contribution in [0.15, 0.2) is 54.6 Å². The molecule has 3 rings (SSSR count). The van der Waals surface area contributed by atoms with E-state index in [1.807, 2.05) is 49.4 Å². The van der Waals surface area contributed by atoms with E-state index in [4.69, 9.17) is 44.3 Å². The zero-order valence-corrected chi connectivity index (χ0v) is 17.8. The molecule has 0 spiro atoms. The van der Waals surface area contributed by atoms with Crippen molar-refractivity contribution in [3.63, 3.8) is 0 Å². The van der Waals surface area contributed by atoms with E-state index in [2.05, 4.69) is 5.32 Å². The first kappa shape index (κ1) is 20.7. The fourth-order valence-corrected chi connectivity index (χ4v) is 3.35. The van der Waals surface area contributed by atoms with Crippen LogP contribution in [0.25, 0.3) is 0 Å². The first-order chi connectivity index (χ1) is 13.5. The molecule has 3 nitrogen and oxygen atoms in total. The Balaban J connectivity index is 1.68. The Morgan fingerprint density at radius 2 is 1.61 bits per heavy atom. The van der Waals surface area contributed by atoms with E-state index in [1.165, 1.54) is 0 Å². The van der Waals surface area contributed by atoms with E-state index >= 15 is 0 Å². The fourth-order valence-electron chi connectivity index (χ4n) is 2.72. The Bertz CT molecular complexity index is 976. The minimum absolute atomic E-state index is 0.325. The SMILES string of the molecule is COc1cc(CNc2cc(Cl)ccc2C)ccc1OCc1ccc(Cl)cc1Cl. The molecule has 0 aliphatic heterocycles. The van der Waals surface area contributed by atoms with Gasteiger partial charge in [0.05, 0.1) is 7.11 Å². The minimum atomic E-state index is 0.325. The maximum atomic E-state index is 6.20. The van der Waals surface area contributed by atoms with Gasteiger partial charge in [-0.3, -0.25) is 0 Å². The average molecular weight is 437 g/mol. The molecule has 0 atom stereocenters. The van der Waals surface area contributed by atoms with Crippen molar-refractivity contribution >= 4 is 40.5 Å². The second-order valence-electron chi connectivity index (χ2n) is 6.32. The van der Waals surface area contributed by atoms with Gasteiger partial charge in [0.2, 0.25) is 0 Å². The van der Waals surface area contributed by atoms with Gasteiger partial charge >= 0.3 is 0 Å². The molecule has 0 bridgehead atoms. The lowest BCUT2D eigenvalue weighted by atomic mass is 10.1. The van der Waals surface area contributed by atoms with Gasteiger partial charge in [-0.05, 0) is 54.4 Å². The molecule has 0 amide bonds. The number of halogens is 3. The van der Waals surface area contributed by atoms with Crippen molar-refractivity contribution in [3.8, 4) is 11.5 Å². The predicted molar refractivity (Wildman–Crippen MR) is 117 cm³/mol. The van der Waals surface area contributed by atoms with Gasteiger partial charge in [-0.1, -0.05) is 53.0 Å². The van der Waals surface area contributed by atoms with E-state index < -0.39 is 0 Å². The van der Waals surface area contributed by atoms with Crippen LogP contribution in [-0.4, -0.2) is 7.11 Å². The van der Waals surface area contributed by atoms with Crippen molar-refractivity contribution in [2.24, 2.45) is 0 Å².